The van der Waals surface area contributed by atoms with E-state index in [0.29, 0.717) is 0 Å². The fourth-order valence-electron chi connectivity index (χ4n) is 2.57. The molecule has 0 aromatic heterocycles. The van der Waals surface area contributed by atoms with Gasteiger partial charge in [-0.25, -0.2) is 4.79 Å². The van der Waals surface area contributed by atoms with Gasteiger partial charge >= 0.3 is 6.03 Å². The summed E-state index contributed by atoms with van der Waals surface area (Å²) in [6, 6.07) is -0.759. The van der Waals surface area contributed by atoms with Gasteiger partial charge in [0.1, 0.15) is 6.04 Å². The number of allylic oxidation sites excluding steroid dienone is 1. The van der Waals surface area contributed by atoms with Crippen molar-refractivity contribution >= 4 is 11.9 Å². The fourth-order valence-corrected chi connectivity index (χ4v) is 2.57. The predicted octanol–water partition coefficient (Wildman–Crippen LogP) is 1.19. The first-order chi connectivity index (χ1) is 6.93. The van der Waals surface area contributed by atoms with Crippen LogP contribution in [-0.4, -0.2) is 18.0 Å². The minimum Gasteiger partial charge on any atom is -0.326 e. The highest BCUT2D eigenvalue weighted by Gasteiger charge is 2.47. The summed E-state index contributed by atoms with van der Waals surface area (Å²) in [5.41, 5.74) is 1.10. The lowest BCUT2D eigenvalue weighted by Crippen LogP contribution is -2.41. The Morgan fingerprint density at radius 3 is 2.47 bits per heavy atom. The van der Waals surface area contributed by atoms with E-state index in [9.17, 15) is 9.59 Å². The number of carbonyl (C=O) groups is 2. The average molecular weight is 208 g/mol. The molecule has 3 amide bonds. The molecule has 2 aliphatic rings. The van der Waals surface area contributed by atoms with Crippen molar-refractivity contribution in [1.29, 1.82) is 0 Å². The van der Waals surface area contributed by atoms with Crippen molar-refractivity contribution in [1.82, 2.24) is 10.6 Å². The summed E-state index contributed by atoms with van der Waals surface area (Å²) in [6.45, 7) is 8.20. The van der Waals surface area contributed by atoms with E-state index in [-0.39, 0.29) is 29.3 Å². The van der Waals surface area contributed by atoms with Crippen LogP contribution in [0, 0.1) is 11.3 Å². The highest BCUT2D eigenvalue weighted by Crippen LogP contribution is 2.47. The molecule has 2 unspecified atom stereocenters. The van der Waals surface area contributed by atoms with Gasteiger partial charge in [-0.1, -0.05) is 26.0 Å². The van der Waals surface area contributed by atoms with Crippen LogP contribution in [0.3, 0.4) is 0 Å². The predicted molar refractivity (Wildman–Crippen MR) is 56.1 cm³/mol. The third kappa shape index (κ3) is 1.44. The molecule has 2 rings (SSSR count). The largest absolute Gasteiger partial charge is 0.326 e. The molecule has 1 aliphatic heterocycles. The maximum Gasteiger partial charge on any atom is 0.322 e. The molecule has 4 heteroatoms. The van der Waals surface area contributed by atoms with Crippen LogP contribution in [0.5, 0.6) is 0 Å². The highest BCUT2D eigenvalue weighted by molar-refractivity contribution is 6.04. The minimum atomic E-state index is -0.383. The molecule has 0 radical (unpaired) electrons. The van der Waals surface area contributed by atoms with E-state index in [4.69, 9.17) is 0 Å². The highest BCUT2D eigenvalue weighted by atomic mass is 16.2. The van der Waals surface area contributed by atoms with Gasteiger partial charge in [-0.3, -0.25) is 10.1 Å². The molecule has 4 nitrogen and oxygen atoms in total. The topological polar surface area (TPSA) is 58.2 Å². The summed E-state index contributed by atoms with van der Waals surface area (Å²) < 4.78 is 0. The number of imide groups is 1. The second-order valence-electron chi connectivity index (χ2n) is 4.91. The van der Waals surface area contributed by atoms with Crippen LogP contribution in [0.4, 0.5) is 4.79 Å². The van der Waals surface area contributed by atoms with Crippen LogP contribution >= 0.6 is 0 Å². The average Bonchev–Trinajstić information content (AvgIpc) is 2.56. The van der Waals surface area contributed by atoms with Gasteiger partial charge in [-0.05, 0) is 24.2 Å². The summed E-state index contributed by atoms with van der Waals surface area (Å²) >= 11 is 0. The van der Waals surface area contributed by atoms with E-state index in [1.807, 2.05) is 0 Å². The van der Waals surface area contributed by atoms with Crippen LogP contribution in [0.1, 0.15) is 26.7 Å². The smallest absolute Gasteiger partial charge is 0.322 e. The number of urea groups is 1. The molecule has 0 aromatic rings. The Labute approximate surface area is 89.1 Å². The molecule has 2 fully saturated rings. The maximum absolute atomic E-state index is 11.5. The van der Waals surface area contributed by atoms with Crippen LogP contribution in [-0.2, 0) is 4.79 Å². The zero-order chi connectivity index (χ0) is 11.2. The van der Waals surface area contributed by atoms with Crippen LogP contribution in [0.15, 0.2) is 12.2 Å². The Balaban J connectivity index is 2.22. The summed E-state index contributed by atoms with van der Waals surface area (Å²) in [6.07, 6.45) is 1.86. The van der Waals surface area contributed by atoms with Crippen molar-refractivity contribution in [2.24, 2.45) is 11.3 Å². The number of nitrogens with one attached hydrogen (secondary N) is 2. The zero-order valence-corrected chi connectivity index (χ0v) is 9.09. The number of hydrogen-bond donors (Lipinski definition) is 2. The van der Waals surface area contributed by atoms with Crippen molar-refractivity contribution in [2.45, 2.75) is 32.7 Å². The summed E-state index contributed by atoms with van der Waals surface area (Å²) in [7, 11) is 0. The molecule has 1 aliphatic carbocycles. The molecule has 1 saturated carbocycles. The van der Waals surface area contributed by atoms with Gasteiger partial charge < -0.3 is 5.32 Å². The van der Waals surface area contributed by atoms with E-state index in [1.165, 1.54) is 5.57 Å². The van der Waals surface area contributed by atoms with Crippen LogP contribution in [0.2, 0.25) is 0 Å². The molecular weight excluding hydrogens is 192 g/mol. The first-order valence-corrected chi connectivity index (χ1v) is 5.22. The lowest BCUT2D eigenvalue weighted by molar-refractivity contribution is -0.121. The van der Waals surface area contributed by atoms with Gasteiger partial charge in [0, 0.05) is 0 Å². The SMILES string of the molecule is C=C1CCC(C2NC(=O)NC2=O)C1(C)C. The third-order valence-corrected chi connectivity index (χ3v) is 3.80. The normalized spacial score (nSPS) is 34.1. The van der Waals surface area contributed by atoms with Crippen LogP contribution in [0.25, 0.3) is 0 Å². The summed E-state index contributed by atoms with van der Waals surface area (Å²) in [4.78, 5) is 22.6. The Kier molecular flexibility index (Phi) is 2.10. The van der Waals surface area contributed by atoms with Gasteiger partial charge in [0.15, 0.2) is 0 Å². The Hall–Kier alpha value is -1.32. The Morgan fingerprint density at radius 2 is 2.07 bits per heavy atom. The molecule has 0 aromatic carbocycles. The zero-order valence-electron chi connectivity index (χ0n) is 9.09. The van der Waals surface area contributed by atoms with Gasteiger partial charge in [0.2, 0.25) is 0 Å². The Bertz CT molecular complexity index is 346. The molecule has 0 spiro atoms. The first kappa shape index (κ1) is 10.2. The van der Waals surface area contributed by atoms with Gasteiger partial charge in [-0.2, -0.15) is 0 Å². The van der Waals surface area contributed by atoms with Gasteiger partial charge in [0.25, 0.3) is 5.91 Å². The Morgan fingerprint density at radius 1 is 1.40 bits per heavy atom. The van der Waals surface area contributed by atoms with Crippen molar-refractivity contribution in [3.8, 4) is 0 Å². The number of amides is 3. The van der Waals surface area contributed by atoms with Crippen molar-refractivity contribution in [3.05, 3.63) is 12.2 Å². The second-order valence-corrected chi connectivity index (χ2v) is 4.91. The quantitative estimate of drug-likeness (QED) is 0.502. The minimum absolute atomic E-state index is 0.0698. The van der Waals surface area contributed by atoms with Crippen molar-refractivity contribution in [3.63, 3.8) is 0 Å². The van der Waals surface area contributed by atoms with Crippen molar-refractivity contribution in [2.75, 3.05) is 0 Å². The molecule has 1 heterocycles. The standard InChI is InChI=1S/C11H16N2O2/c1-6-4-5-7(11(6,2)3)8-9(14)13-10(15)12-8/h7-8H,1,4-5H2,2-3H3,(H2,12,13,14,15). The van der Waals surface area contributed by atoms with Crippen LogP contribution < -0.4 is 10.6 Å². The molecule has 2 N–H and O–H groups in total. The lowest BCUT2D eigenvalue weighted by atomic mass is 9.75. The number of carbonyl (C=O) groups excluding carboxylic acids is 2. The molecular formula is C11H16N2O2. The van der Waals surface area contributed by atoms with E-state index in [1.54, 1.807) is 0 Å². The maximum atomic E-state index is 11.5. The summed E-state index contributed by atoms with van der Waals surface area (Å²) in [5, 5.41) is 4.96. The number of hydrogen-bond acceptors (Lipinski definition) is 2. The fraction of sp³-hybridized carbons (Fsp3) is 0.636. The summed E-state index contributed by atoms with van der Waals surface area (Å²) in [5.74, 6) is -0.0378. The van der Waals surface area contributed by atoms with Crippen molar-refractivity contribution < 1.29 is 9.59 Å². The monoisotopic (exact) mass is 208 g/mol. The molecule has 1 saturated heterocycles. The first-order valence-electron chi connectivity index (χ1n) is 5.22. The van der Waals surface area contributed by atoms with E-state index < -0.39 is 0 Å². The molecule has 2 atom stereocenters. The van der Waals surface area contributed by atoms with Gasteiger partial charge in [0.05, 0.1) is 0 Å². The van der Waals surface area contributed by atoms with E-state index in [0.717, 1.165) is 12.8 Å². The molecule has 82 valence electrons. The van der Waals surface area contributed by atoms with Gasteiger partial charge in [-0.15, -0.1) is 0 Å². The lowest BCUT2D eigenvalue weighted by Gasteiger charge is -2.31. The number of rotatable bonds is 1. The molecule has 0 bridgehead atoms. The molecule has 15 heavy (non-hydrogen) atoms. The second kappa shape index (κ2) is 3.08. The van der Waals surface area contributed by atoms with E-state index >= 15 is 0 Å². The van der Waals surface area contributed by atoms with E-state index in [2.05, 4.69) is 31.1 Å². The third-order valence-electron chi connectivity index (χ3n) is 3.80.